The largest absolute Gasteiger partial charge is 0.371 e. The van der Waals surface area contributed by atoms with Crippen molar-refractivity contribution in [2.75, 3.05) is 28.3 Å². The van der Waals surface area contributed by atoms with E-state index in [2.05, 4.69) is 20.6 Å². The second-order valence-electron chi connectivity index (χ2n) is 8.90. The maximum absolute atomic E-state index is 13.1. The van der Waals surface area contributed by atoms with E-state index < -0.39 is 23.9 Å². The molecule has 4 N–H and O–H groups in total. The molecule has 0 aromatic heterocycles. The van der Waals surface area contributed by atoms with Crippen molar-refractivity contribution < 1.29 is 14.4 Å². The van der Waals surface area contributed by atoms with Crippen LogP contribution in [0.25, 0.3) is 0 Å². The van der Waals surface area contributed by atoms with Crippen LogP contribution in [-0.2, 0) is 14.4 Å². The molecule has 2 unspecified atom stereocenters. The normalized spacial score (nSPS) is 18.2. The molecule has 0 saturated carbocycles. The lowest BCUT2D eigenvalue weighted by molar-refractivity contribution is -0.123. The van der Waals surface area contributed by atoms with E-state index in [-0.39, 0.29) is 18.0 Å². The molecule has 0 bridgehead atoms. The Morgan fingerprint density at radius 1 is 1.06 bits per heavy atom. The van der Waals surface area contributed by atoms with Gasteiger partial charge in [-0.15, -0.1) is 0 Å². The molecule has 2 atom stereocenters. The molecule has 0 radical (unpaired) electrons. The molecular formula is C26H32N6O3. The van der Waals surface area contributed by atoms with Gasteiger partial charge in [0, 0.05) is 30.9 Å². The lowest BCUT2D eigenvalue weighted by Gasteiger charge is -2.20. The number of hydrazone groups is 1. The lowest BCUT2D eigenvalue weighted by atomic mass is 10.1. The molecule has 0 aliphatic carbocycles. The number of rotatable bonds is 9. The maximum atomic E-state index is 13.1. The van der Waals surface area contributed by atoms with Crippen LogP contribution in [0.1, 0.15) is 39.0 Å². The van der Waals surface area contributed by atoms with Crippen LogP contribution in [0, 0.1) is 0 Å². The molecule has 35 heavy (non-hydrogen) atoms. The molecule has 2 aliphatic heterocycles. The summed E-state index contributed by atoms with van der Waals surface area (Å²) in [6, 6.07) is 15.4. The van der Waals surface area contributed by atoms with Crippen molar-refractivity contribution >= 4 is 40.5 Å². The number of hydrogen-bond acceptors (Lipinski definition) is 6. The van der Waals surface area contributed by atoms with E-state index in [4.69, 9.17) is 5.73 Å². The minimum atomic E-state index is -0.759. The molecule has 2 aliphatic rings. The van der Waals surface area contributed by atoms with Crippen molar-refractivity contribution in [3.8, 4) is 0 Å². The fourth-order valence-corrected chi connectivity index (χ4v) is 4.47. The van der Waals surface area contributed by atoms with Crippen molar-refractivity contribution in [1.82, 2.24) is 5.32 Å². The SMILES string of the molecule is CCCC(NC(=O)C1=NN(c2ccccc2)C(C(N)=O)C1)C(=O)Nc1cccc(N2CCCC2)c1. The molecule has 3 amide bonds. The average molecular weight is 477 g/mol. The first kappa shape index (κ1) is 24.3. The Kier molecular flexibility index (Phi) is 7.64. The first-order valence-corrected chi connectivity index (χ1v) is 12.1. The van der Waals surface area contributed by atoms with Crippen LogP contribution in [0.2, 0.25) is 0 Å². The summed E-state index contributed by atoms with van der Waals surface area (Å²) in [6.45, 7) is 3.98. The van der Waals surface area contributed by atoms with Crippen LogP contribution in [0.4, 0.5) is 17.1 Å². The molecule has 0 spiro atoms. The summed E-state index contributed by atoms with van der Waals surface area (Å²) in [4.78, 5) is 40.5. The average Bonchev–Trinajstić information content (AvgIpc) is 3.55. The van der Waals surface area contributed by atoms with Gasteiger partial charge in [-0.2, -0.15) is 5.10 Å². The standard InChI is InChI=1S/C26H32N6O3/c1-2-9-21(25(34)28-18-10-8-13-20(16-18)31-14-6-7-15-31)29-26(35)22-17-23(24(27)33)32(30-22)19-11-4-3-5-12-19/h3-5,8,10-13,16,21,23H,2,6-7,9,14-15,17H2,1H3,(H2,27,33)(H,28,34)(H,29,35). The zero-order chi connectivity index (χ0) is 24.8. The number of anilines is 3. The van der Waals surface area contributed by atoms with Gasteiger partial charge in [0.2, 0.25) is 11.8 Å². The predicted molar refractivity (Wildman–Crippen MR) is 137 cm³/mol. The summed E-state index contributed by atoms with van der Waals surface area (Å²) >= 11 is 0. The van der Waals surface area contributed by atoms with Gasteiger partial charge in [0.1, 0.15) is 17.8 Å². The number of nitrogens with two attached hydrogens (primary N) is 1. The van der Waals surface area contributed by atoms with E-state index in [0.717, 1.165) is 18.8 Å². The van der Waals surface area contributed by atoms with Crippen LogP contribution in [0.3, 0.4) is 0 Å². The summed E-state index contributed by atoms with van der Waals surface area (Å²) in [5.41, 5.74) is 8.18. The van der Waals surface area contributed by atoms with E-state index in [9.17, 15) is 14.4 Å². The van der Waals surface area contributed by atoms with Gasteiger partial charge in [0.15, 0.2) is 0 Å². The van der Waals surface area contributed by atoms with E-state index in [1.54, 1.807) is 12.1 Å². The van der Waals surface area contributed by atoms with E-state index in [0.29, 0.717) is 24.2 Å². The second-order valence-corrected chi connectivity index (χ2v) is 8.90. The molecule has 2 aromatic carbocycles. The van der Waals surface area contributed by atoms with Gasteiger partial charge >= 0.3 is 0 Å². The molecule has 1 saturated heterocycles. The van der Waals surface area contributed by atoms with Gasteiger partial charge in [0.25, 0.3) is 5.91 Å². The highest BCUT2D eigenvalue weighted by molar-refractivity contribution is 6.40. The zero-order valence-corrected chi connectivity index (χ0v) is 19.9. The molecule has 2 heterocycles. The second kappa shape index (κ2) is 11.0. The number of amides is 3. The third-order valence-corrected chi connectivity index (χ3v) is 6.31. The topological polar surface area (TPSA) is 120 Å². The lowest BCUT2D eigenvalue weighted by Crippen LogP contribution is -2.46. The van der Waals surface area contributed by atoms with Crippen LogP contribution < -0.4 is 26.3 Å². The molecule has 184 valence electrons. The summed E-state index contributed by atoms with van der Waals surface area (Å²) in [6.07, 6.45) is 3.60. The quantitative estimate of drug-likeness (QED) is 0.514. The van der Waals surface area contributed by atoms with Gasteiger partial charge in [-0.05, 0) is 49.6 Å². The number of carbonyl (C=O) groups is 3. The highest BCUT2D eigenvalue weighted by Crippen LogP contribution is 2.25. The first-order chi connectivity index (χ1) is 17.0. The van der Waals surface area contributed by atoms with Gasteiger partial charge < -0.3 is 21.3 Å². The molecular weight excluding hydrogens is 444 g/mol. The van der Waals surface area contributed by atoms with Crippen molar-refractivity contribution in [1.29, 1.82) is 0 Å². The third-order valence-electron chi connectivity index (χ3n) is 6.31. The molecule has 4 rings (SSSR count). The fourth-order valence-electron chi connectivity index (χ4n) is 4.47. The third kappa shape index (κ3) is 5.79. The van der Waals surface area contributed by atoms with Crippen molar-refractivity contribution in [2.45, 2.75) is 51.1 Å². The Hall–Kier alpha value is -3.88. The maximum Gasteiger partial charge on any atom is 0.268 e. The number of para-hydroxylation sites is 1. The monoisotopic (exact) mass is 476 g/mol. The summed E-state index contributed by atoms with van der Waals surface area (Å²) in [5, 5.41) is 11.6. The van der Waals surface area contributed by atoms with Crippen LogP contribution >= 0.6 is 0 Å². The Balaban J connectivity index is 1.45. The molecule has 1 fully saturated rings. The summed E-state index contributed by atoms with van der Waals surface area (Å²) in [5.74, 6) is -1.33. The van der Waals surface area contributed by atoms with E-state index in [1.807, 2.05) is 49.4 Å². The Morgan fingerprint density at radius 2 is 1.77 bits per heavy atom. The molecule has 2 aromatic rings. The summed E-state index contributed by atoms with van der Waals surface area (Å²) in [7, 11) is 0. The van der Waals surface area contributed by atoms with Crippen LogP contribution in [-0.4, -0.2) is 48.6 Å². The van der Waals surface area contributed by atoms with Crippen molar-refractivity contribution in [2.24, 2.45) is 10.8 Å². The minimum Gasteiger partial charge on any atom is -0.371 e. The molecule has 9 heteroatoms. The minimum absolute atomic E-state index is 0.0778. The number of carbonyl (C=O) groups excluding carboxylic acids is 3. The molecule has 9 nitrogen and oxygen atoms in total. The van der Waals surface area contributed by atoms with Crippen LogP contribution in [0.15, 0.2) is 59.7 Å². The van der Waals surface area contributed by atoms with Gasteiger partial charge in [-0.3, -0.25) is 19.4 Å². The Labute approximate surface area is 205 Å². The number of nitrogens with one attached hydrogen (secondary N) is 2. The predicted octanol–water partition coefficient (Wildman–Crippen LogP) is 2.63. The highest BCUT2D eigenvalue weighted by atomic mass is 16.2. The van der Waals surface area contributed by atoms with Crippen molar-refractivity contribution in [3.05, 3.63) is 54.6 Å². The summed E-state index contributed by atoms with van der Waals surface area (Å²) < 4.78 is 0. The number of hydrogen-bond donors (Lipinski definition) is 3. The zero-order valence-electron chi connectivity index (χ0n) is 19.9. The van der Waals surface area contributed by atoms with Gasteiger partial charge in [0.05, 0.1) is 5.69 Å². The van der Waals surface area contributed by atoms with Crippen molar-refractivity contribution in [3.63, 3.8) is 0 Å². The van der Waals surface area contributed by atoms with Gasteiger partial charge in [-0.25, -0.2) is 0 Å². The van der Waals surface area contributed by atoms with Gasteiger partial charge in [-0.1, -0.05) is 37.6 Å². The van der Waals surface area contributed by atoms with E-state index in [1.165, 1.54) is 17.9 Å². The Bertz CT molecular complexity index is 1100. The van der Waals surface area contributed by atoms with Crippen LogP contribution in [0.5, 0.6) is 0 Å². The highest BCUT2D eigenvalue weighted by Gasteiger charge is 2.36. The Morgan fingerprint density at radius 3 is 2.46 bits per heavy atom. The van der Waals surface area contributed by atoms with E-state index >= 15 is 0 Å². The first-order valence-electron chi connectivity index (χ1n) is 12.1. The number of nitrogens with zero attached hydrogens (tertiary/aromatic N) is 3. The fraction of sp³-hybridized carbons (Fsp3) is 0.385. The number of benzene rings is 2. The number of primary amides is 1. The smallest absolute Gasteiger partial charge is 0.268 e.